The molecule has 1 aliphatic carbocycles. The van der Waals surface area contributed by atoms with Gasteiger partial charge in [-0.15, -0.1) is 0 Å². The van der Waals surface area contributed by atoms with E-state index in [9.17, 15) is 19.2 Å². The molecule has 1 atom stereocenters. The van der Waals surface area contributed by atoms with Gasteiger partial charge in [0.15, 0.2) is 0 Å². The molecule has 2 aliphatic heterocycles. The first-order chi connectivity index (χ1) is 17.0. The molecular formula is C27H27N3O5. The average Bonchev–Trinajstić information content (AvgIpc) is 3.10. The highest BCUT2D eigenvalue weighted by Crippen LogP contribution is 2.39. The number of hydrogen-bond donors (Lipinski definition) is 0. The Morgan fingerprint density at radius 2 is 1.66 bits per heavy atom. The molecule has 2 aromatic carbocycles. The molecule has 0 radical (unpaired) electrons. The molecule has 35 heavy (non-hydrogen) atoms. The van der Waals surface area contributed by atoms with Gasteiger partial charge in [-0.2, -0.15) is 0 Å². The fourth-order valence-corrected chi connectivity index (χ4v) is 4.90. The molecule has 8 nitrogen and oxygen atoms in total. The highest BCUT2D eigenvalue weighted by atomic mass is 16.5. The van der Waals surface area contributed by atoms with E-state index in [4.69, 9.17) is 4.74 Å². The molecule has 5 amide bonds. The number of carbonyl (C=O) groups is 4. The Morgan fingerprint density at radius 3 is 2.43 bits per heavy atom. The zero-order valence-corrected chi connectivity index (χ0v) is 19.4. The van der Waals surface area contributed by atoms with E-state index in [1.165, 1.54) is 5.57 Å². The van der Waals surface area contributed by atoms with Crippen LogP contribution in [0, 0.1) is 0 Å². The van der Waals surface area contributed by atoms with Gasteiger partial charge in [0.1, 0.15) is 18.9 Å². The predicted octanol–water partition coefficient (Wildman–Crippen LogP) is 3.83. The number of hydrogen-bond acceptors (Lipinski definition) is 5. The minimum Gasteiger partial charge on any atom is -0.489 e. The maximum atomic E-state index is 13.6. The van der Waals surface area contributed by atoms with Crippen LogP contribution in [-0.2, 0) is 14.4 Å². The van der Waals surface area contributed by atoms with Gasteiger partial charge in [-0.25, -0.2) is 9.69 Å². The number of amides is 5. The van der Waals surface area contributed by atoms with Gasteiger partial charge in [0, 0.05) is 6.54 Å². The first-order valence-electron chi connectivity index (χ1n) is 12.0. The van der Waals surface area contributed by atoms with Crippen LogP contribution in [0.2, 0.25) is 0 Å². The van der Waals surface area contributed by atoms with Crippen LogP contribution in [0.15, 0.2) is 66.2 Å². The van der Waals surface area contributed by atoms with Crippen LogP contribution >= 0.6 is 0 Å². The van der Waals surface area contributed by atoms with Crippen LogP contribution in [-0.4, -0.2) is 53.2 Å². The van der Waals surface area contributed by atoms with Gasteiger partial charge < -0.3 is 4.74 Å². The number of benzene rings is 2. The van der Waals surface area contributed by atoms with E-state index in [-0.39, 0.29) is 13.2 Å². The molecule has 8 heteroatoms. The monoisotopic (exact) mass is 473 g/mol. The minimum absolute atomic E-state index is 0.146. The van der Waals surface area contributed by atoms with Gasteiger partial charge in [0.2, 0.25) is 5.91 Å². The molecule has 0 N–H and O–H groups in total. The van der Waals surface area contributed by atoms with E-state index in [0.717, 1.165) is 41.0 Å². The maximum Gasteiger partial charge on any atom is 0.334 e. The number of anilines is 1. The number of ether oxygens (including phenoxy) is 1. The lowest BCUT2D eigenvalue weighted by atomic mass is 9.97. The third-order valence-electron chi connectivity index (χ3n) is 6.76. The van der Waals surface area contributed by atoms with Crippen molar-refractivity contribution in [2.24, 2.45) is 0 Å². The van der Waals surface area contributed by atoms with Crippen molar-refractivity contribution >= 4 is 29.4 Å². The summed E-state index contributed by atoms with van der Waals surface area (Å²) in [5.41, 5.74) is 2.63. The lowest BCUT2D eigenvalue weighted by Crippen LogP contribution is -2.47. The lowest BCUT2D eigenvalue weighted by molar-refractivity contribution is -0.143. The topological polar surface area (TPSA) is 87.2 Å². The van der Waals surface area contributed by atoms with Gasteiger partial charge in [-0.3, -0.25) is 24.2 Å². The van der Waals surface area contributed by atoms with Crippen molar-refractivity contribution in [2.75, 3.05) is 24.6 Å². The Morgan fingerprint density at radius 1 is 0.914 bits per heavy atom. The van der Waals surface area contributed by atoms with Gasteiger partial charge in [0.25, 0.3) is 0 Å². The Bertz CT molecular complexity index is 1190. The molecule has 180 valence electrons. The Kier molecular flexibility index (Phi) is 6.35. The summed E-state index contributed by atoms with van der Waals surface area (Å²) in [6.07, 6.45) is 6.89. The molecule has 2 heterocycles. The van der Waals surface area contributed by atoms with Crippen LogP contribution < -0.4 is 9.64 Å². The van der Waals surface area contributed by atoms with E-state index in [0.29, 0.717) is 17.9 Å². The Labute approximate surface area is 203 Å². The van der Waals surface area contributed by atoms with Crippen LogP contribution in [0.25, 0.3) is 0 Å². The number of para-hydroxylation sites is 2. The van der Waals surface area contributed by atoms with Crippen molar-refractivity contribution in [3.8, 4) is 5.75 Å². The largest absolute Gasteiger partial charge is 0.489 e. The maximum absolute atomic E-state index is 13.6. The second-order valence-corrected chi connectivity index (χ2v) is 8.96. The highest BCUT2D eigenvalue weighted by Gasteiger charge is 2.46. The van der Waals surface area contributed by atoms with E-state index in [2.05, 4.69) is 6.08 Å². The zero-order valence-electron chi connectivity index (χ0n) is 19.4. The molecule has 2 aromatic rings. The van der Waals surface area contributed by atoms with Gasteiger partial charge >= 0.3 is 17.8 Å². The highest BCUT2D eigenvalue weighted by molar-refractivity contribution is 6.45. The summed E-state index contributed by atoms with van der Waals surface area (Å²) >= 11 is 0. The second kappa shape index (κ2) is 9.74. The van der Waals surface area contributed by atoms with Crippen LogP contribution in [0.1, 0.15) is 43.7 Å². The fourth-order valence-electron chi connectivity index (χ4n) is 4.90. The van der Waals surface area contributed by atoms with Crippen LogP contribution in [0.5, 0.6) is 5.75 Å². The summed E-state index contributed by atoms with van der Waals surface area (Å²) in [6, 6.07) is 15.4. The molecule has 0 saturated carbocycles. The van der Waals surface area contributed by atoms with Crippen molar-refractivity contribution in [1.82, 2.24) is 9.80 Å². The number of urea groups is 1. The Balaban J connectivity index is 1.36. The predicted molar refractivity (Wildman–Crippen MR) is 129 cm³/mol. The molecule has 1 saturated heterocycles. The van der Waals surface area contributed by atoms with Crippen molar-refractivity contribution in [2.45, 2.75) is 38.1 Å². The summed E-state index contributed by atoms with van der Waals surface area (Å²) in [5, 5.41) is 0. The summed E-state index contributed by atoms with van der Waals surface area (Å²) in [4.78, 5) is 55.2. The van der Waals surface area contributed by atoms with Crippen molar-refractivity contribution < 1.29 is 23.9 Å². The van der Waals surface area contributed by atoms with Gasteiger partial charge in [-0.05, 0) is 49.8 Å². The van der Waals surface area contributed by atoms with Crippen LogP contribution in [0.4, 0.5) is 10.5 Å². The normalized spacial score (nSPS) is 20.0. The molecule has 3 aliphatic rings. The molecule has 0 bridgehead atoms. The van der Waals surface area contributed by atoms with Gasteiger partial charge in [-0.1, -0.05) is 54.1 Å². The van der Waals surface area contributed by atoms with Crippen molar-refractivity contribution in [3.05, 3.63) is 71.8 Å². The first-order valence-corrected chi connectivity index (χ1v) is 12.0. The number of allylic oxidation sites excluding steroid dienone is 1. The van der Waals surface area contributed by atoms with E-state index in [1.54, 1.807) is 23.1 Å². The molecule has 1 fully saturated rings. The van der Waals surface area contributed by atoms with Crippen molar-refractivity contribution in [1.29, 1.82) is 0 Å². The third-order valence-corrected chi connectivity index (χ3v) is 6.76. The number of fused-ring (bicyclic) bond motifs is 1. The summed E-state index contributed by atoms with van der Waals surface area (Å²) < 4.78 is 5.90. The molecule has 1 unspecified atom stereocenters. The number of nitrogens with zero attached hydrogens (tertiary/aromatic N) is 3. The quantitative estimate of drug-likeness (QED) is 0.362. The van der Waals surface area contributed by atoms with E-state index in [1.807, 2.05) is 36.4 Å². The number of imide groups is 2. The standard InChI is InChI=1S/C27H27N3O5/c31-24(17-29-26(33)25(32)28(27(29)34)16-15-19-9-3-1-4-10-19)30-21-13-7-8-14-23(21)35-18-22(30)20-11-5-2-6-12-20/h2,5-9,11-14,22H,1,3-4,10,15-18H2. The molecule has 5 rings (SSSR count). The summed E-state index contributed by atoms with van der Waals surface area (Å²) in [7, 11) is 0. The first kappa shape index (κ1) is 22.8. The smallest absolute Gasteiger partial charge is 0.334 e. The minimum atomic E-state index is -0.959. The number of carbonyl (C=O) groups excluding carboxylic acids is 4. The molecule has 0 spiro atoms. The second-order valence-electron chi connectivity index (χ2n) is 8.96. The van der Waals surface area contributed by atoms with Crippen molar-refractivity contribution in [3.63, 3.8) is 0 Å². The zero-order chi connectivity index (χ0) is 24.4. The van der Waals surface area contributed by atoms with Gasteiger partial charge in [0.05, 0.1) is 11.7 Å². The van der Waals surface area contributed by atoms with E-state index < -0.39 is 36.3 Å². The molecular weight excluding hydrogens is 446 g/mol. The fraction of sp³-hybridized carbons (Fsp3) is 0.333. The average molecular weight is 474 g/mol. The Hall–Kier alpha value is -3.94. The number of rotatable bonds is 6. The molecule has 0 aromatic heterocycles. The summed E-state index contributed by atoms with van der Waals surface area (Å²) in [5.74, 6) is -1.74. The lowest BCUT2D eigenvalue weighted by Gasteiger charge is -2.37. The third kappa shape index (κ3) is 4.43. The van der Waals surface area contributed by atoms with Crippen LogP contribution in [0.3, 0.4) is 0 Å². The SMILES string of the molecule is O=C1C(=O)N(CC(=O)N2c3ccccc3OCC2c2ccccc2)C(=O)N1CCC1=CCCCC1. The summed E-state index contributed by atoms with van der Waals surface area (Å²) in [6.45, 7) is -0.137. The van der Waals surface area contributed by atoms with E-state index >= 15 is 0 Å².